The minimum absolute atomic E-state index is 0.0820. The third-order valence-electron chi connectivity index (χ3n) is 8.59. The van der Waals surface area contributed by atoms with Gasteiger partial charge in [-0.15, -0.1) is 0 Å². The van der Waals surface area contributed by atoms with Crippen molar-refractivity contribution in [1.29, 1.82) is 0 Å². The van der Waals surface area contributed by atoms with Gasteiger partial charge in [0.15, 0.2) is 9.84 Å². The second-order valence-electron chi connectivity index (χ2n) is 16.9. The monoisotopic (exact) mass is 853 g/mol. The fourth-order valence-electron chi connectivity index (χ4n) is 5.98. The summed E-state index contributed by atoms with van der Waals surface area (Å²) in [6, 6.07) is 10.9. The number of amides is 4. The maximum Gasteiger partial charge on any atom is 0.408 e. The highest BCUT2D eigenvalue weighted by Crippen LogP contribution is 2.22. The average Bonchev–Trinajstić information content (AvgIpc) is 3.44. The van der Waals surface area contributed by atoms with E-state index in [1.165, 1.54) is 0 Å². The van der Waals surface area contributed by atoms with E-state index in [0.717, 1.165) is 28.6 Å². The maximum absolute atomic E-state index is 14.4. The first kappa shape index (κ1) is 48.7. The molecule has 328 valence electrons. The quantitative estimate of drug-likeness (QED) is 0.105. The maximum atomic E-state index is 14.4. The van der Waals surface area contributed by atoms with Crippen molar-refractivity contribution < 1.29 is 51.4 Å². The van der Waals surface area contributed by atoms with Gasteiger partial charge < -0.3 is 40.0 Å². The fourth-order valence-corrected chi connectivity index (χ4v) is 6.46. The van der Waals surface area contributed by atoms with Crippen molar-refractivity contribution in [3.63, 3.8) is 0 Å². The minimum Gasteiger partial charge on any atom is -0.460 e. The molecule has 4 atom stereocenters. The van der Waals surface area contributed by atoms with E-state index in [-0.39, 0.29) is 13.0 Å². The van der Waals surface area contributed by atoms with Crippen LogP contribution in [0.5, 0.6) is 0 Å². The van der Waals surface area contributed by atoms with Crippen LogP contribution in [-0.4, -0.2) is 90.4 Å². The number of esters is 2. The Hall–Kier alpha value is -5.71. The number of aromatic nitrogens is 1. The molecule has 0 bridgehead atoms. The van der Waals surface area contributed by atoms with Crippen molar-refractivity contribution in [1.82, 2.24) is 25.8 Å². The predicted octanol–water partition coefficient (Wildman–Crippen LogP) is 4.15. The number of hydrogen-bond acceptors (Lipinski definition) is 11. The van der Waals surface area contributed by atoms with Crippen molar-refractivity contribution in [2.24, 2.45) is 13.0 Å². The molecule has 1 unspecified atom stereocenters. The standard InChI is InChI=1S/C43H59N5O11S/c1-27(2)37(40(53)44-30(20-21-60(10,55)56)23-35(49)58-42(3,4)5)47-39(52)32(22-29-25-48(9)34-19-15-14-18-31(29)34)45-38(51)33(24-36(50)59-43(6,7)8)46-41(54)57-26-28-16-12-11-13-17-28/h11-21,25,27,30,32-33,37H,22-24,26H2,1-10H3,(H,44,53)(H,45,51)(H,46,54)(H,47,52)/b21-20+/t30-,32?,33+,37+/m1/s1. The lowest BCUT2D eigenvalue weighted by Gasteiger charge is -2.28. The Balaban J connectivity index is 1.96. The highest BCUT2D eigenvalue weighted by atomic mass is 32.2. The first-order valence-corrected chi connectivity index (χ1v) is 21.5. The van der Waals surface area contributed by atoms with Crippen LogP contribution in [0.1, 0.15) is 79.4 Å². The van der Waals surface area contributed by atoms with E-state index in [9.17, 15) is 37.2 Å². The number of aryl methyl sites for hydroxylation is 1. The highest BCUT2D eigenvalue weighted by Gasteiger charge is 2.34. The van der Waals surface area contributed by atoms with Gasteiger partial charge in [-0.2, -0.15) is 0 Å². The number of benzene rings is 2. The van der Waals surface area contributed by atoms with Crippen molar-refractivity contribution in [3.8, 4) is 0 Å². The molecule has 0 aliphatic rings. The predicted molar refractivity (Wildman–Crippen MR) is 226 cm³/mol. The lowest BCUT2D eigenvalue weighted by atomic mass is 9.99. The van der Waals surface area contributed by atoms with Crippen LogP contribution in [0.4, 0.5) is 4.79 Å². The molecule has 1 aromatic heterocycles. The molecule has 0 radical (unpaired) electrons. The highest BCUT2D eigenvalue weighted by molar-refractivity contribution is 7.93. The Morgan fingerprint density at radius 3 is 1.88 bits per heavy atom. The molecule has 0 saturated heterocycles. The van der Waals surface area contributed by atoms with E-state index in [4.69, 9.17) is 14.2 Å². The molecule has 0 saturated carbocycles. The topological polar surface area (TPSA) is 217 Å². The van der Waals surface area contributed by atoms with Crippen LogP contribution in [-0.2, 0) is 68.1 Å². The van der Waals surface area contributed by atoms with Crippen LogP contribution < -0.4 is 21.3 Å². The van der Waals surface area contributed by atoms with Crippen molar-refractivity contribution in [3.05, 3.63) is 83.4 Å². The number of rotatable bonds is 18. The number of para-hydroxylation sites is 1. The summed E-state index contributed by atoms with van der Waals surface area (Å²) in [6.07, 6.45) is 1.82. The number of carbonyl (C=O) groups excluding carboxylic acids is 6. The van der Waals surface area contributed by atoms with Gasteiger partial charge in [-0.05, 0) is 64.7 Å². The Bertz CT molecular complexity index is 2130. The van der Waals surface area contributed by atoms with Gasteiger partial charge in [0.2, 0.25) is 17.7 Å². The second kappa shape index (κ2) is 21.0. The van der Waals surface area contributed by atoms with Crippen LogP contribution in [0.15, 0.2) is 72.3 Å². The summed E-state index contributed by atoms with van der Waals surface area (Å²) >= 11 is 0. The zero-order chi connectivity index (χ0) is 45.0. The van der Waals surface area contributed by atoms with Crippen LogP contribution in [0.25, 0.3) is 10.9 Å². The zero-order valence-corrected chi connectivity index (χ0v) is 36.8. The Morgan fingerprint density at radius 1 is 0.733 bits per heavy atom. The molecule has 3 aromatic rings. The number of hydrogen-bond donors (Lipinski definition) is 4. The molecule has 3 rings (SSSR count). The summed E-state index contributed by atoms with van der Waals surface area (Å²) in [6.45, 7) is 13.1. The van der Waals surface area contributed by atoms with E-state index in [1.807, 2.05) is 35.9 Å². The summed E-state index contributed by atoms with van der Waals surface area (Å²) in [5, 5.41) is 12.1. The number of nitrogens with zero attached hydrogens (tertiary/aromatic N) is 1. The van der Waals surface area contributed by atoms with E-state index >= 15 is 0 Å². The van der Waals surface area contributed by atoms with Gasteiger partial charge in [0.05, 0.1) is 18.9 Å². The Labute approximate surface area is 352 Å². The van der Waals surface area contributed by atoms with Crippen molar-refractivity contribution in [2.75, 3.05) is 6.26 Å². The molecule has 16 nitrogen and oxygen atoms in total. The molecule has 60 heavy (non-hydrogen) atoms. The number of alkyl carbamates (subject to hydrolysis) is 1. The molecule has 0 spiro atoms. The van der Waals surface area contributed by atoms with Crippen LogP contribution in [0.2, 0.25) is 0 Å². The Morgan fingerprint density at radius 2 is 1.30 bits per heavy atom. The first-order chi connectivity index (χ1) is 27.8. The third-order valence-corrected chi connectivity index (χ3v) is 9.24. The molecule has 0 aliphatic heterocycles. The molecular weight excluding hydrogens is 795 g/mol. The summed E-state index contributed by atoms with van der Waals surface area (Å²) in [4.78, 5) is 81.1. The summed E-state index contributed by atoms with van der Waals surface area (Å²) in [5.74, 6) is -4.50. The van der Waals surface area contributed by atoms with Crippen LogP contribution in [0.3, 0.4) is 0 Å². The van der Waals surface area contributed by atoms with Gasteiger partial charge in [0, 0.05) is 42.2 Å². The van der Waals surface area contributed by atoms with Crippen molar-refractivity contribution >= 4 is 56.5 Å². The van der Waals surface area contributed by atoms with Gasteiger partial charge in [-0.3, -0.25) is 24.0 Å². The molecule has 0 aliphatic carbocycles. The first-order valence-electron chi connectivity index (χ1n) is 19.5. The number of ether oxygens (including phenoxy) is 3. The normalized spacial score (nSPS) is 14.1. The van der Waals surface area contributed by atoms with E-state index in [0.29, 0.717) is 11.1 Å². The molecule has 0 fully saturated rings. The second-order valence-corrected chi connectivity index (χ2v) is 18.8. The van der Waals surface area contributed by atoms with E-state index < -0.39 is 99.7 Å². The Kier molecular flexibility index (Phi) is 17.0. The zero-order valence-electron chi connectivity index (χ0n) is 36.0. The SMILES string of the molecule is CC(C)[C@H](NC(=O)C(Cc1cn(C)c2ccccc12)NC(=O)[C@H](CC(=O)OC(C)(C)C)NC(=O)OCc1ccccc1)C(=O)N[C@H](/C=C/S(C)(=O)=O)CC(=O)OC(C)(C)C. The minimum atomic E-state index is -3.65. The van der Waals surface area contributed by atoms with Gasteiger partial charge in [-0.1, -0.05) is 68.5 Å². The number of sulfone groups is 1. The number of carbonyl (C=O) groups is 6. The van der Waals surface area contributed by atoms with Gasteiger partial charge >= 0.3 is 18.0 Å². The summed E-state index contributed by atoms with van der Waals surface area (Å²) in [5.41, 5.74) is 0.428. The van der Waals surface area contributed by atoms with Crippen LogP contribution in [0, 0.1) is 5.92 Å². The average molecular weight is 854 g/mol. The molecule has 17 heteroatoms. The molecular formula is C43H59N5O11S. The molecule has 1 heterocycles. The molecule has 4 amide bonds. The van der Waals surface area contributed by atoms with Gasteiger partial charge in [-0.25, -0.2) is 13.2 Å². The lowest BCUT2D eigenvalue weighted by molar-refractivity contribution is -0.157. The van der Waals surface area contributed by atoms with Crippen LogP contribution >= 0.6 is 0 Å². The fraction of sp³-hybridized carbons (Fsp3) is 0.488. The van der Waals surface area contributed by atoms with Crippen molar-refractivity contribution in [2.45, 2.75) is 117 Å². The molecule has 4 N–H and O–H groups in total. The van der Waals surface area contributed by atoms with Gasteiger partial charge in [0.25, 0.3) is 0 Å². The van der Waals surface area contributed by atoms with E-state index in [1.54, 1.807) is 91.9 Å². The summed E-state index contributed by atoms with van der Waals surface area (Å²) < 4.78 is 42.0. The number of nitrogens with one attached hydrogen (secondary N) is 4. The third kappa shape index (κ3) is 16.9. The lowest BCUT2D eigenvalue weighted by Crippen LogP contribution is -2.59. The summed E-state index contributed by atoms with van der Waals surface area (Å²) in [7, 11) is -1.83. The molecule has 2 aromatic carbocycles. The smallest absolute Gasteiger partial charge is 0.408 e. The van der Waals surface area contributed by atoms with Gasteiger partial charge in [0.1, 0.15) is 35.9 Å². The van der Waals surface area contributed by atoms with E-state index in [2.05, 4.69) is 21.3 Å². The largest absolute Gasteiger partial charge is 0.460 e. The number of fused-ring (bicyclic) bond motifs is 1.